The molecular weight excluding hydrogens is 683 g/mol. The Morgan fingerprint density at radius 3 is 1.83 bits per heavy atom. The van der Waals surface area contributed by atoms with Crippen molar-refractivity contribution >= 4 is 85.2 Å². The molecule has 1 N–H and O–H groups in total. The second-order valence-corrected chi connectivity index (χ2v) is 10.4. The first kappa shape index (κ1) is 26.2. The van der Waals surface area contributed by atoms with Crippen LogP contribution in [0.3, 0.4) is 0 Å². The number of hydrogen-bond acceptors (Lipinski definition) is 4. The fourth-order valence-electron chi connectivity index (χ4n) is 2.78. The van der Waals surface area contributed by atoms with E-state index in [9.17, 15) is 22.9 Å². The molecule has 11 heteroatoms. The predicted octanol–water partition coefficient (Wildman–Crippen LogP) is 2.56. The first-order valence-electron chi connectivity index (χ1n) is 7.78. The van der Waals surface area contributed by atoms with Crippen LogP contribution in [-0.4, -0.2) is 18.8 Å². The van der Waals surface area contributed by atoms with E-state index in [1.807, 2.05) is 0 Å². The predicted molar refractivity (Wildman–Crippen MR) is 122 cm³/mol. The first-order valence-corrected chi connectivity index (χ1v) is 12.4. The van der Waals surface area contributed by atoms with Gasteiger partial charge in [-0.3, -0.25) is 9.35 Å². The third-order valence-corrected chi connectivity index (χ3v) is 9.97. The molecule has 0 saturated carbocycles. The minimum Gasteiger partial charge on any atom is -0.872 e. The van der Waals surface area contributed by atoms with Gasteiger partial charge in [-0.15, -0.1) is 5.75 Å². The van der Waals surface area contributed by atoms with Crippen molar-refractivity contribution in [1.29, 1.82) is 0 Å². The van der Waals surface area contributed by atoms with E-state index in [1.54, 1.807) is 24.3 Å². The molecule has 0 bridgehead atoms. The minimum absolute atomic E-state index is 0. The van der Waals surface area contributed by atoms with Crippen LogP contribution in [0.25, 0.3) is 5.57 Å². The smallest absolute Gasteiger partial charge is 0.872 e. The number of benzene rings is 2. The Kier molecular flexibility index (Phi) is 8.97. The molecule has 2 aromatic carbocycles. The molecule has 30 heavy (non-hydrogen) atoms. The van der Waals surface area contributed by atoms with Gasteiger partial charge in [0.15, 0.2) is 5.78 Å². The summed E-state index contributed by atoms with van der Waals surface area (Å²) in [4.78, 5) is 11.2. The Morgan fingerprint density at radius 1 is 0.833 bits per heavy atom. The minimum atomic E-state index is -4.68. The molecule has 0 aliphatic heterocycles. The summed E-state index contributed by atoms with van der Waals surface area (Å²) in [5, 5.41) is 11.6. The number of allylic oxidation sites excluding steroid dienone is 5. The van der Waals surface area contributed by atoms with Crippen LogP contribution in [0.15, 0.2) is 76.9 Å². The summed E-state index contributed by atoms with van der Waals surface area (Å²) in [6, 6.07) is 5.79. The standard InChI is InChI=1S/C19H10Br4O5S.Na/c20-15-14(19(29(26,27)28)18(23)17(22)16(15)21)13(9-1-5-11(24)6-2-9)10-3-7-12(25)8-4-10;/h1-8,24H,(H,26,27,28);/q;+1/p-1. The molecule has 0 heterocycles. The normalized spacial score (nSPS) is 13.4. The maximum Gasteiger partial charge on any atom is 1.00 e. The molecule has 1 aliphatic rings. The van der Waals surface area contributed by atoms with E-state index >= 15 is 0 Å². The van der Waals surface area contributed by atoms with E-state index in [1.165, 1.54) is 24.3 Å². The summed E-state index contributed by atoms with van der Waals surface area (Å²) < 4.78 is 36.0. The maximum atomic E-state index is 12.3. The molecular formula is C19H9Br4NaO5S. The van der Waals surface area contributed by atoms with Gasteiger partial charge in [-0.1, -0.05) is 36.4 Å². The zero-order chi connectivity index (χ0) is 21.5. The Morgan fingerprint density at radius 2 is 1.33 bits per heavy atom. The SMILES string of the molecule is O=C1C=CC(=C(c2ccc([O-])cc2)c2c(Br)c(Br)c(Br)c(Br)c2S(=O)(=O)O)C=C1.[Na+]. The summed E-state index contributed by atoms with van der Waals surface area (Å²) >= 11 is 13.4. The molecule has 0 atom stereocenters. The van der Waals surface area contributed by atoms with Gasteiger partial charge in [-0.2, -0.15) is 8.42 Å². The Balaban J connectivity index is 0.00000320. The van der Waals surface area contributed by atoms with Crippen LogP contribution in [-0.2, 0) is 14.9 Å². The van der Waals surface area contributed by atoms with Crippen molar-refractivity contribution in [3.8, 4) is 5.75 Å². The van der Waals surface area contributed by atoms with E-state index in [0.29, 0.717) is 30.1 Å². The third kappa shape index (κ3) is 5.29. The fraction of sp³-hybridized carbons (Fsp3) is 0. The van der Waals surface area contributed by atoms with Crippen LogP contribution < -0.4 is 34.7 Å². The molecule has 0 aromatic heterocycles. The van der Waals surface area contributed by atoms with Gasteiger partial charge in [0, 0.05) is 19.0 Å². The van der Waals surface area contributed by atoms with Crippen molar-refractivity contribution in [2.24, 2.45) is 0 Å². The number of halogens is 4. The van der Waals surface area contributed by atoms with Crippen LogP contribution in [0.1, 0.15) is 11.1 Å². The molecule has 0 unspecified atom stereocenters. The van der Waals surface area contributed by atoms with Crippen molar-refractivity contribution in [2.75, 3.05) is 0 Å². The molecule has 0 fully saturated rings. The van der Waals surface area contributed by atoms with Gasteiger partial charge >= 0.3 is 29.6 Å². The zero-order valence-corrected chi connectivity index (χ0v) is 24.3. The van der Waals surface area contributed by atoms with E-state index in [2.05, 4.69) is 63.7 Å². The molecule has 3 rings (SSSR count). The monoisotopic (exact) mass is 688 g/mol. The molecule has 5 nitrogen and oxygen atoms in total. The van der Waals surface area contributed by atoms with Gasteiger partial charge in [-0.05, 0) is 92.6 Å². The van der Waals surface area contributed by atoms with Gasteiger partial charge < -0.3 is 5.11 Å². The Bertz CT molecular complexity index is 1210. The molecule has 0 radical (unpaired) electrons. The zero-order valence-electron chi connectivity index (χ0n) is 15.1. The van der Waals surface area contributed by atoms with Gasteiger partial charge in [0.2, 0.25) is 0 Å². The first-order chi connectivity index (χ1) is 13.5. The summed E-state index contributed by atoms with van der Waals surface area (Å²) in [5.74, 6) is -0.425. The summed E-state index contributed by atoms with van der Waals surface area (Å²) in [5.41, 5.74) is 1.61. The molecule has 150 valence electrons. The van der Waals surface area contributed by atoms with E-state index in [-0.39, 0.29) is 56.0 Å². The number of ketones is 1. The second-order valence-electron chi connectivity index (χ2n) is 5.86. The van der Waals surface area contributed by atoms with Gasteiger partial charge in [0.05, 0.1) is 4.47 Å². The average molecular weight is 692 g/mol. The van der Waals surface area contributed by atoms with E-state index in [4.69, 9.17) is 0 Å². The van der Waals surface area contributed by atoms with Crippen LogP contribution in [0.4, 0.5) is 0 Å². The number of carbonyl (C=O) groups excluding carboxylic acids is 1. The van der Waals surface area contributed by atoms with E-state index < -0.39 is 10.1 Å². The molecule has 1 aliphatic carbocycles. The van der Waals surface area contributed by atoms with Crippen LogP contribution >= 0.6 is 63.7 Å². The molecule has 0 spiro atoms. The van der Waals surface area contributed by atoms with Crippen molar-refractivity contribution in [3.05, 3.63) is 83.2 Å². The van der Waals surface area contributed by atoms with Crippen LogP contribution in [0.5, 0.6) is 5.75 Å². The average Bonchev–Trinajstić information content (AvgIpc) is 2.66. The van der Waals surface area contributed by atoms with Gasteiger partial charge in [0.1, 0.15) is 4.90 Å². The van der Waals surface area contributed by atoms with Crippen molar-refractivity contribution in [2.45, 2.75) is 4.90 Å². The maximum absolute atomic E-state index is 12.3. The summed E-state index contributed by atoms with van der Waals surface area (Å²) in [7, 11) is -4.68. The number of rotatable bonds is 3. The molecule has 2 aromatic rings. The van der Waals surface area contributed by atoms with Crippen molar-refractivity contribution in [3.63, 3.8) is 0 Å². The van der Waals surface area contributed by atoms with E-state index in [0.717, 1.165) is 0 Å². The number of carbonyl (C=O) groups is 1. The van der Waals surface area contributed by atoms with Crippen molar-refractivity contribution in [1.82, 2.24) is 0 Å². The third-order valence-electron chi connectivity index (χ3n) is 4.02. The van der Waals surface area contributed by atoms with Gasteiger partial charge in [0.25, 0.3) is 10.1 Å². The Labute approximate surface area is 228 Å². The second kappa shape index (κ2) is 10.3. The molecule has 0 amide bonds. The quantitative estimate of drug-likeness (QED) is 0.231. The summed E-state index contributed by atoms with van der Waals surface area (Å²) in [6.07, 6.45) is 5.79. The largest absolute Gasteiger partial charge is 1.00 e. The topological polar surface area (TPSA) is 94.5 Å². The van der Waals surface area contributed by atoms with Gasteiger partial charge in [-0.25, -0.2) is 0 Å². The molecule has 0 saturated heterocycles. The van der Waals surface area contributed by atoms with Crippen molar-refractivity contribution < 1.29 is 52.4 Å². The summed E-state index contributed by atoms with van der Waals surface area (Å²) in [6.45, 7) is 0. The fourth-order valence-corrected chi connectivity index (χ4v) is 6.76. The number of hydrogen-bond donors (Lipinski definition) is 1. The Hall–Kier alpha value is -0.0400. The van der Waals surface area contributed by atoms with Crippen LogP contribution in [0.2, 0.25) is 0 Å². The van der Waals surface area contributed by atoms with Crippen LogP contribution in [0, 0.1) is 0 Å².